The summed E-state index contributed by atoms with van der Waals surface area (Å²) in [4.78, 5) is 77.3. The molecule has 4 amide bonds. The Kier molecular flexibility index (Phi) is 9.86. The number of rotatable bonds is 11. The average Bonchev–Trinajstić information content (AvgIpc) is 3.96. The molecule has 11 rings (SSSR count). The highest BCUT2D eigenvalue weighted by molar-refractivity contribution is 6.71. The fraction of sp³-hybridized carbons (Fsp3) is 0.222. The molecule has 330 valence electrons. The molecule has 12 heteroatoms. The predicted molar refractivity (Wildman–Crippen MR) is 258 cm³/mol. The molecule has 2 N–H and O–H groups in total. The molecule has 11 nitrogen and oxygen atoms in total. The molecule has 66 heavy (non-hydrogen) atoms. The molecule has 1 fully saturated rings. The molecule has 1 saturated heterocycles. The molecule has 1 spiro atoms. The van der Waals surface area contributed by atoms with Crippen molar-refractivity contribution < 1.29 is 33.8 Å². The third-order valence-corrected chi connectivity index (χ3v) is 16.7. The SMILES string of the molecule is C[C@@H]1[C@@H]([Si](C)(C)O)[C@H](CC(=O)N(CCO)Cc2ccccc2)O[C@@]12C(=O)N(Cc1cccc(N3C(=O)c4cccc5cccc3c45)c1)c1ccc(N3C(=O)c4cccc5cccc3c45)cc12. The Bertz CT molecular complexity index is 3160. The van der Waals surface area contributed by atoms with Gasteiger partial charge in [-0.3, -0.25) is 29.0 Å². The van der Waals surface area contributed by atoms with Crippen molar-refractivity contribution >= 4 is 81.9 Å². The lowest BCUT2D eigenvalue weighted by atomic mass is 9.82. The number of benzene rings is 7. The van der Waals surface area contributed by atoms with E-state index in [0.717, 1.165) is 44.0 Å². The molecule has 0 aromatic heterocycles. The van der Waals surface area contributed by atoms with Gasteiger partial charge < -0.3 is 24.4 Å². The first-order chi connectivity index (χ1) is 31.9. The van der Waals surface area contributed by atoms with Gasteiger partial charge in [0.25, 0.3) is 17.7 Å². The molecule has 4 aliphatic heterocycles. The number of nitrogens with zero attached hydrogens (tertiary/aromatic N) is 4. The Morgan fingerprint density at radius 1 is 0.697 bits per heavy atom. The van der Waals surface area contributed by atoms with Crippen molar-refractivity contribution in [1.82, 2.24) is 4.90 Å². The standard InChI is InChI=1S/C54H48N4O7Si/c1-33-50(66(2,3)64)46(30-47(60)55(26-27-59)31-34-12-5-4-6-13-34)65-54(33)42-29-39(58-45-23-11-18-37-16-9-21-41(49(37)45)52(58)62)24-25-43(42)56(53(54)63)32-35-14-7-19-38(28-35)57-44-22-10-17-36-15-8-20-40(48(36)44)51(57)61/h4-25,28-29,33,46,50,59,64H,26-27,30-32H2,1-3H3/t33-,46+,50-,54+/m1/s1. The molecule has 4 atom stereocenters. The van der Waals surface area contributed by atoms with Crippen molar-refractivity contribution in [2.24, 2.45) is 5.92 Å². The Balaban J connectivity index is 1.00. The van der Waals surface area contributed by atoms with Crippen LogP contribution >= 0.6 is 0 Å². The summed E-state index contributed by atoms with van der Waals surface area (Å²) < 4.78 is 7.19. The average molecular weight is 893 g/mol. The van der Waals surface area contributed by atoms with Crippen LogP contribution in [0.15, 0.2) is 146 Å². The van der Waals surface area contributed by atoms with Crippen LogP contribution in [0.3, 0.4) is 0 Å². The lowest BCUT2D eigenvalue weighted by Crippen LogP contribution is -2.46. The van der Waals surface area contributed by atoms with Crippen molar-refractivity contribution in [1.29, 1.82) is 0 Å². The monoisotopic (exact) mass is 892 g/mol. The number of fused-ring (bicyclic) bond motifs is 2. The zero-order chi connectivity index (χ0) is 45.6. The van der Waals surface area contributed by atoms with Crippen LogP contribution in [0.4, 0.5) is 28.4 Å². The maximum atomic E-state index is 15.7. The number of aliphatic hydroxyl groups excluding tert-OH is 1. The van der Waals surface area contributed by atoms with Gasteiger partial charge in [0.1, 0.15) is 0 Å². The molecule has 0 aliphatic carbocycles. The van der Waals surface area contributed by atoms with Gasteiger partial charge in [-0.05, 0) is 89.6 Å². The van der Waals surface area contributed by atoms with Crippen molar-refractivity contribution in [2.45, 2.75) is 56.8 Å². The highest BCUT2D eigenvalue weighted by Crippen LogP contribution is 2.61. The largest absolute Gasteiger partial charge is 0.432 e. The molecule has 0 bridgehead atoms. The van der Waals surface area contributed by atoms with Crippen LogP contribution in [0.25, 0.3) is 21.5 Å². The highest BCUT2D eigenvalue weighted by Gasteiger charge is 2.66. The molecule has 4 aliphatic rings. The fourth-order valence-electron chi connectivity index (χ4n) is 11.4. The summed E-state index contributed by atoms with van der Waals surface area (Å²) in [6, 6.07) is 46.0. The first-order valence-electron chi connectivity index (χ1n) is 22.5. The predicted octanol–water partition coefficient (Wildman–Crippen LogP) is 9.33. The van der Waals surface area contributed by atoms with E-state index in [1.54, 1.807) is 19.6 Å². The zero-order valence-electron chi connectivity index (χ0n) is 36.8. The van der Waals surface area contributed by atoms with Gasteiger partial charge in [-0.1, -0.05) is 97.9 Å². The smallest absolute Gasteiger partial charge is 0.264 e. The first-order valence-corrected chi connectivity index (χ1v) is 25.5. The summed E-state index contributed by atoms with van der Waals surface area (Å²) in [5.41, 5.74) is 4.60. The summed E-state index contributed by atoms with van der Waals surface area (Å²) >= 11 is 0. The molecule has 4 heterocycles. The Morgan fingerprint density at radius 3 is 1.88 bits per heavy atom. The van der Waals surface area contributed by atoms with Gasteiger partial charge in [-0.15, -0.1) is 0 Å². The summed E-state index contributed by atoms with van der Waals surface area (Å²) in [7, 11) is -3.20. The van der Waals surface area contributed by atoms with Crippen LogP contribution in [0.2, 0.25) is 18.6 Å². The van der Waals surface area contributed by atoms with Gasteiger partial charge in [0.2, 0.25) is 5.91 Å². The number of aliphatic hydroxyl groups is 1. The number of carbonyl (C=O) groups is 4. The molecular weight excluding hydrogens is 845 g/mol. The lowest BCUT2D eigenvalue weighted by Gasteiger charge is -2.33. The summed E-state index contributed by atoms with van der Waals surface area (Å²) in [6.07, 6.45) is -0.969. The van der Waals surface area contributed by atoms with E-state index in [1.165, 1.54) is 0 Å². The summed E-state index contributed by atoms with van der Waals surface area (Å²) in [5, 5.41) is 13.7. The van der Waals surface area contributed by atoms with Gasteiger partial charge >= 0.3 is 0 Å². The van der Waals surface area contributed by atoms with E-state index in [-0.39, 0.29) is 56.3 Å². The summed E-state index contributed by atoms with van der Waals surface area (Å²) in [6.45, 7) is 5.85. The van der Waals surface area contributed by atoms with E-state index < -0.39 is 31.5 Å². The van der Waals surface area contributed by atoms with E-state index in [9.17, 15) is 24.3 Å². The van der Waals surface area contributed by atoms with Gasteiger partial charge in [0.05, 0.1) is 53.9 Å². The molecule has 7 aromatic rings. The van der Waals surface area contributed by atoms with E-state index >= 15 is 4.79 Å². The number of hydrogen-bond acceptors (Lipinski definition) is 7. The van der Waals surface area contributed by atoms with Gasteiger partial charge in [0.15, 0.2) is 13.9 Å². The number of hydrogen-bond donors (Lipinski definition) is 2. The van der Waals surface area contributed by atoms with Crippen molar-refractivity contribution in [3.63, 3.8) is 0 Å². The van der Waals surface area contributed by atoms with Gasteiger partial charge in [-0.2, -0.15) is 0 Å². The van der Waals surface area contributed by atoms with Crippen molar-refractivity contribution in [3.8, 4) is 0 Å². The van der Waals surface area contributed by atoms with Crippen LogP contribution in [0, 0.1) is 5.92 Å². The van der Waals surface area contributed by atoms with Crippen LogP contribution in [0.5, 0.6) is 0 Å². The van der Waals surface area contributed by atoms with Crippen LogP contribution in [-0.2, 0) is 33.0 Å². The minimum absolute atomic E-state index is 0.104. The van der Waals surface area contributed by atoms with Crippen LogP contribution in [-0.4, -0.2) is 66.0 Å². The maximum Gasteiger partial charge on any atom is 0.264 e. The first kappa shape index (κ1) is 41.7. The molecule has 0 saturated carbocycles. The normalized spacial score (nSPS) is 20.7. The Hall–Kier alpha value is -6.96. The van der Waals surface area contributed by atoms with E-state index in [4.69, 9.17) is 4.74 Å². The number of amides is 4. The molecule has 7 aromatic carbocycles. The Morgan fingerprint density at radius 2 is 1.27 bits per heavy atom. The van der Waals surface area contributed by atoms with E-state index in [2.05, 4.69) is 0 Å². The lowest BCUT2D eigenvalue weighted by molar-refractivity contribution is -0.150. The quantitative estimate of drug-likeness (QED) is 0.124. The van der Waals surface area contributed by atoms with Crippen molar-refractivity contribution in [3.05, 3.63) is 173 Å². The molecular formula is C54H48N4O7Si. The van der Waals surface area contributed by atoms with Crippen LogP contribution < -0.4 is 14.7 Å². The van der Waals surface area contributed by atoms with Gasteiger partial charge in [0, 0.05) is 52.3 Å². The van der Waals surface area contributed by atoms with E-state index in [0.29, 0.717) is 33.8 Å². The maximum absolute atomic E-state index is 15.7. The van der Waals surface area contributed by atoms with Gasteiger partial charge in [-0.25, -0.2) is 0 Å². The number of anilines is 5. The van der Waals surface area contributed by atoms with Crippen LogP contribution in [0.1, 0.15) is 50.8 Å². The molecule has 0 radical (unpaired) electrons. The van der Waals surface area contributed by atoms with E-state index in [1.807, 2.05) is 166 Å². The second-order valence-corrected chi connectivity index (χ2v) is 22.5. The number of ether oxygens (including phenoxy) is 1. The molecule has 0 unspecified atom stereocenters. The summed E-state index contributed by atoms with van der Waals surface area (Å²) in [5.74, 6) is -1.51. The third-order valence-electron chi connectivity index (χ3n) is 14.2. The fourth-order valence-corrected chi connectivity index (χ4v) is 14.0. The minimum Gasteiger partial charge on any atom is -0.432 e. The minimum atomic E-state index is -3.20. The number of carbonyl (C=O) groups excluding carboxylic acids is 4. The topological polar surface area (TPSA) is 131 Å². The highest BCUT2D eigenvalue weighted by atomic mass is 28.4. The zero-order valence-corrected chi connectivity index (χ0v) is 37.8. The second-order valence-electron chi connectivity index (χ2n) is 18.5. The second kappa shape index (κ2) is 15.6. The van der Waals surface area contributed by atoms with Crippen molar-refractivity contribution in [2.75, 3.05) is 27.9 Å². The third kappa shape index (κ3) is 6.34. The Labute approximate surface area is 383 Å².